The lowest BCUT2D eigenvalue weighted by molar-refractivity contribution is -0.385. The maximum atomic E-state index is 12.4. The first-order valence-corrected chi connectivity index (χ1v) is 8.69. The van der Waals surface area contributed by atoms with Crippen molar-refractivity contribution in [2.24, 2.45) is 0 Å². The van der Waals surface area contributed by atoms with Crippen LogP contribution in [-0.2, 0) is 6.42 Å². The molecule has 0 atom stereocenters. The van der Waals surface area contributed by atoms with E-state index in [0.29, 0.717) is 17.0 Å². The number of aromatic nitrogens is 1. The van der Waals surface area contributed by atoms with Gasteiger partial charge in [0.05, 0.1) is 25.2 Å². The highest BCUT2D eigenvalue weighted by Crippen LogP contribution is 2.34. The van der Waals surface area contributed by atoms with Gasteiger partial charge in [0.15, 0.2) is 11.5 Å². The molecule has 8 nitrogen and oxygen atoms in total. The van der Waals surface area contributed by atoms with Gasteiger partial charge in [-0.2, -0.15) is 0 Å². The third-order valence-corrected chi connectivity index (χ3v) is 4.48. The number of aromatic amines is 1. The summed E-state index contributed by atoms with van der Waals surface area (Å²) in [5.74, 6) is 0.424. The van der Waals surface area contributed by atoms with Crippen LogP contribution < -0.4 is 14.8 Å². The maximum absolute atomic E-state index is 12.4. The van der Waals surface area contributed by atoms with Gasteiger partial charge in [0, 0.05) is 23.0 Å². The Balaban J connectivity index is 1.72. The number of benzene rings is 2. The van der Waals surface area contributed by atoms with Gasteiger partial charge in [-0.05, 0) is 37.6 Å². The van der Waals surface area contributed by atoms with E-state index in [0.717, 1.165) is 16.5 Å². The van der Waals surface area contributed by atoms with Crippen molar-refractivity contribution >= 4 is 22.5 Å². The second-order valence-corrected chi connectivity index (χ2v) is 6.37. The first-order valence-electron chi connectivity index (χ1n) is 8.69. The zero-order valence-corrected chi connectivity index (χ0v) is 15.9. The highest BCUT2D eigenvalue weighted by atomic mass is 16.6. The van der Waals surface area contributed by atoms with Gasteiger partial charge < -0.3 is 19.8 Å². The predicted octanol–water partition coefficient (Wildman–Crippen LogP) is 3.37. The van der Waals surface area contributed by atoms with Crippen molar-refractivity contribution in [1.82, 2.24) is 10.3 Å². The number of amides is 1. The fourth-order valence-corrected chi connectivity index (χ4v) is 3.06. The van der Waals surface area contributed by atoms with Crippen molar-refractivity contribution in [3.63, 3.8) is 0 Å². The molecule has 0 radical (unpaired) electrons. The van der Waals surface area contributed by atoms with Crippen molar-refractivity contribution in [2.75, 3.05) is 20.8 Å². The van der Waals surface area contributed by atoms with Crippen molar-refractivity contribution < 1.29 is 19.2 Å². The van der Waals surface area contributed by atoms with Crippen molar-refractivity contribution in [2.45, 2.75) is 13.3 Å². The van der Waals surface area contributed by atoms with Gasteiger partial charge >= 0.3 is 0 Å². The highest BCUT2D eigenvalue weighted by Gasteiger charge is 2.19. The Morgan fingerprint density at radius 3 is 2.54 bits per heavy atom. The normalized spacial score (nSPS) is 10.7. The summed E-state index contributed by atoms with van der Waals surface area (Å²) < 4.78 is 10.3. The number of rotatable bonds is 7. The number of methoxy groups -OCH3 is 2. The fourth-order valence-electron chi connectivity index (χ4n) is 3.06. The molecule has 3 aromatic rings. The molecule has 1 heterocycles. The molecule has 28 heavy (non-hydrogen) atoms. The molecule has 8 heteroatoms. The summed E-state index contributed by atoms with van der Waals surface area (Å²) in [5, 5.41) is 15.1. The smallest absolute Gasteiger partial charge is 0.276 e. The lowest BCUT2D eigenvalue weighted by Gasteiger charge is -2.11. The minimum Gasteiger partial charge on any atom is -0.493 e. The number of carbonyl (C=O) groups excluding carboxylic acids is 1. The third kappa shape index (κ3) is 3.90. The standard InChI is InChI=1S/C20H21N3O5/c1-12-4-5-15-14(8-12)9-16(22-15)20(24)21-7-6-13-10-18(27-2)19(28-3)11-17(13)23(25)26/h4-5,8-11,22H,6-7H2,1-3H3,(H,21,24). The van der Waals surface area contributed by atoms with E-state index >= 15 is 0 Å². The van der Waals surface area contributed by atoms with Crippen LogP contribution in [0.1, 0.15) is 21.6 Å². The van der Waals surface area contributed by atoms with E-state index in [2.05, 4.69) is 10.3 Å². The molecule has 146 valence electrons. The Bertz CT molecular complexity index is 1040. The highest BCUT2D eigenvalue weighted by molar-refractivity contribution is 5.98. The van der Waals surface area contributed by atoms with Gasteiger partial charge in [-0.1, -0.05) is 11.6 Å². The maximum Gasteiger partial charge on any atom is 0.276 e. The average Bonchev–Trinajstić information content (AvgIpc) is 3.10. The molecule has 0 fully saturated rings. The number of H-pyrrole nitrogens is 1. The number of hydrogen-bond donors (Lipinski definition) is 2. The number of carbonyl (C=O) groups is 1. The van der Waals surface area contributed by atoms with E-state index in [4.69, 9.17) is 9.47 Å². The minimum absolute atomic E-state index is 0.0759. The number of nitrogens with zero attached hydrogens (tertiary/aromatic N) is 1. The molecule has 3 rings (SSSR count). The van der Waals surface area contributed by atoms with Crippen LogP contribution in [0.3, 0.4) is 0 Å². The number of nitro benzene ring substituents is 1. The number of nitro groups is 1. The minimum atomic E-state index is -0.473. The summed E-state index contributed by atoms with van der Waals surface area (Å²) in [6.07, 6.45) is 0.280. The van der Waals surface area contributed by atoms with Crippen LogP contribution in [0.15, 0.2) is 36.4 Å². The van der Waals surface area contributed by atoms with Crippen LogP contribution in [-0.4, -0.2) is 36.6 Å². The first kappa shape index (κ1) is 19.2. The molecule has 2 aromatic carbocycles. The van der Waals surface area contributed by atoms with E-state index < -0.39 is 4.92 Å². The first-order chi connectivity index (χ1) is 13.4. The molecule has 0 aliphatic carbocycles. The zero-order chi connectivity index (χ0) is 20.3. The molecular formula is C20H21N3O5. The van der Waals surface area contributed by atoms with Crippen LogP contribution >= 0.6 is 0 Å². The van der Waals surface area contributed by atoms with Gasteiger partial charge in [-0.3, -0.25) is 14.9 Å². The van der Waals surface area contributed by atoms with Gasteiger partial charge in [-0.15, -0.1) is 0 Å². The number of aryl methyl sites for hydroxylation is 1. The number of fused-ring (bicyclic) bond motifs is 1. The quantitative estimate of drug-likeness (QED) is 0.480. The second kappa shape index (κ2) is 7.99. The molecule has 0 aliphatic heterocycles. The summed E-state index contributed by atoms with van der Waals surface area (Å²) in [6, 6.07) is 10.6. The van der Waals surface area contributed by atoms with Crippen LogP contribution in [0, 0.1) is 17.0 Å². The molecule has 0 saturated carbocycles. The predicted molar refractivity (Wildman–Crippen MR) is 105 cm³/mol. The number of nitrogens with one attached hydrogen (secondary N) is 2. The molecule has 0 aliphatic rings. The molecule has 0 saturated heterocycles. The van der Waals surface area contributed by atoms with Crippen molar-refractivity contribution in [3.8, 4) is 11.5 Å². The van der Waals surface area contributed by atoms with Crippen LogP contribution in [0.4, 0.5) is 5.69 Å². The Morgan fingerprint density at radius 1 is 1.14 bits per heavy atom. The van der Waals surface area contributed by atoms with Crippen molar-refractivity contribution in [1.29, 1.82) is 0 Å². The van der Waals surface area contributed by atoms with E-state index in [1.54, 1.807) is 12.1 Å². The van der Waals surface area contributed by atoms with Gasteiger partial charge in [-0.25, -0.2) is 0 Å². The van der Waals surface area contributed by atoms with Gasteiger partial charge in [0.1, 0.15) is 5.69 Å². The summed E-state index contributed by atoms with van der Waals surface area (Å²) in [7, 11) is 2.89. The van der Waals surface area contributed by atoms with Crippen LogP contribution in [0.5, 0.6) is 11.5 Å². The lowest BCUT2D eigenvalue weighted by atomic mass is 10.1. The van der Waals surface area contributed by atoms with E-state index in [1.165, 1.54) is 20.3 Å². The molecule has 1 amide bonds. The Hall–Kier alpha value is -3.55. The molecule has 0 unspecified atom stereocenters. The molecule has 2 N–H and O–H groups in total. The lowest BCUT2D eigenvalue weighted by Crippen LogP contribution is -2.26. The molecule has 0 bridgehead atoms. The van der Waals surface area contributed by atoms with Crippen LogP contribution in [0.2, 0.25) is 0 Å². The Morgan fingerprint density at radius 2 is 1.86 bits per heavy atom. The van der Waals surface area contributed by atoms with Crippen molar-refractivity contribution in [3.05, 3.63) is 63.3 Å². The largest absolute Gasteiger partial charge is 0.493 e. The summed E-state index contributed by atoms with van der Waals surface area (Å²) in [6.45, 7) is 2.23. The SMILES string of the molecule is COc1cc(CCNC(=O)c2cc3cc(C)ccc3[nH]2)c([N+](=O)[O-])cc1OC. The summed E-state index contributed by atoms with van der Waals surface area (Å²) >= 11 is 0. The molecular weight excluding hydrogens is 362 g/mol. The number of ether oxygens (including phenoxy) is 2. The van der Waals surface area contributed by atoms with E-state index in [1.807, 2.05) is 25.1 Å². The topological polar surface area (TPSA) is 106 Å². The Kier molecular flexibility index (Phi) is 5.49. The second-order valence-electron chi connectivity index (χ2n) is 6.37. The third-order valence-electron chi connectivity index (χ3n) is 4.48. The summed E-state index contributed by atoms with van der Waals surface area (Å²) in [4.78, 5) is 26.4. The zero-order valence-electron chi connectivity index (χ0n) is 15.9. The molecule has 1 aromatic heterocycles. The van der Waals surface area contributed by atoms with E-state index in [9.17, 15) is 14.9 Å². The number of hydrogen-bond acceptors (Lipinski definition) is 5. The van der Waals surface area contributed by atoms with Gasteiger partial charge in [0.2, 0.25) is 0 Å². The summed E-state index contributed by atoms with van der Waals surface area (Å²) in [5.41, 5.74) is 2.82. The Labute approximate surface area is 161 Å². The van der Waals surface area contributed by atoms with Gasteiger partial charge in [0.25, 0.3) is 11.6 Å². The monoisotopic (exact) mass is 383 g/mol. The molecule has 0 spiro atoms. The van der Waals surface area contributed by atoms with Crippen LogP contribution in [0.25, 0.3) is 10.9 Å². The fraction of sp³-hybridized carbons (Fsp3) is 0.250. The van der Waals surface area contributed by atoms with E-state index in [-0.39, 0.29) is 30.3 Å². The average molecular weight is 383 g/mol.